The van der Waals surface area contributed by atoms with Crippen LogP contribution < -0.4 is 0 Å². The Bertz CT molecular complexity index is 530. The number of hydrogen-bond donors (Lipinski definition) is 2. The molecule has 116 valence electrons. The third kappa shape index (κ3) is 4.85. The molecule has 0 fully saturated rings. The Morgan fingerprint density at radius 1 is 1.10 bits per heavy atom. The molecule has 1 aromatic rings. The van der Waals surface area contributed by atoms with Crippen molar-refractivity contribution >= 4 is 0 Å². The van der Waals surface area contributed by atoms with Crippen molar-refractivity contribution < 1.29 is 5.11 Å². The lowest BCUT2D eigenvalue weighted by Gasteiger charge is -2.25. The molecular weight excluding hydrogens is 260 g/mol. The van der Waals surface area contributed by atoms with Crippen molar-refractivity contribution in [3.63, 3.8) is 0 Å². The lowest BCUT2D eigenvalue weighted by atomic mass is 9.82. The predicted octanol–water partition coefficient (Wildman–Crippen LogP) is 4.32. The fourth-order valence-electron chi connectivity index (χ4n) is 2.88. The molecule has 3 nitrogen and oxygen atoms in total. The van der Waals surface area contributed by atoms with Gasteiger partial charge in [-0.25, -0.2) is 4.98 Å². The molecule has 0 spiro atoms. The monoisotopic (exact) mass is 288 g/mol. The van der Waals surface area contributed by atoms with E-state index in [0.717, 1.165) is 44.3 Å². The summed E-state index contributed by atoms with van der Waals surface area (Å²) in [5.74, 6) is 1.06. The fourth-order valence-corrected chi connectivity index (χ4v) is 2.88. The number of rotatable bonds is 6. The zero-order chi connectivity index (χ0) is 15.5. The van der Waals surface area contributed by atoms with E-state index in [9.17, 15) is 5.11 Å². The third-order valence-corrected chi connectivity index (χ3v) is 4.44. The van der Waals surface area contributed by atoms with Gasteiger partial charge in [0.05, 0.1) is 5.60 Å². The lowest BCUT2D eigenvalue weighted by molar-refractivity contribution is 0.0711. The van der Waals surface area contributed by atoms with Gasteiger partial charge in [0.15, 0.2) is 0 Å². The van der Waals surface area contributed by atoms with Gasteiger partial charge < -0.3 is 10.1 Å². The van der Waals surface area contributed by atoms with Crippen LogP contribution in [0.15, 0.2) is 34.7 Å². The number of hydrogen-bond acceptors (Lipinski definition) is 2. The summed E-state index contributed by atoms with van der Waals surface area (Å²) in [7, 11) is 0. The Balaban J connectivity index is 2.05. The zero-order valence-electron chi connectivity index (χ0n) is 13.8. The number of aromatic amines is 1. The number of aliphatic hydroxyl groups is 1. The highest BCUT2D eigenvalue weighted by molar-refractivity contribution is 5.33. The molecule has 21 heavy (non-hydrogen) atoms. The molecule has 1 heterocycles. The Kier molecular flexibility index (Phi) is 5.04. The Morgan fingerprint density at radius 2 is 1.71 bits per heavy atom. The summed E-state index contributed by atoms with van der Waals surface area (Å²) in [6.45, 7) is 8.28. The van der Waals surface area contributed by atoms with Crippen molar-refractivity contribution in [2.45, 2.75) is 71.8 Å². The molecular formula is C18H28N2O. The summed E-state index contributed by atoms with van der Waals surface area (Å²) in [6.07, 6.45) is 9.74. The van der Waals surface area contributed by atoms with Gasteiger partial charge in [0, 0.05) is 18.8 Å². The molecule has 0 atom stereocenters. The van der Waals surface area contributed by atoms with Crippen LogP contribution in [0, 0.1) is 0 Å². The summed E-state index contributed by atoms with van der Waals surface area (Å²) in [6, 6.07) is 0. The van der Waals surface area contributed by atoms with Gasteiger partial charge >= 0.3 is 0 Å². The van der Waals surface area contributed by atoms with Crippen molar-refractivity contribution in [2.24, 2.45) is 0 Å². The van der Waals surface area contributed by atoms with Gasteiger partial charge in [0.2, 0.25) is 0 Å². The Hall–Kier alpha value is -1.35. The average molecular weight is 288 g/mol. The van der Waals surface area contributed by atoms with Gasteiger partial charge in [-0.05, 0) is 59.8 Å². The highest BCUT2D eigenvalue weighted by Crippen LogP contribution is 2.35. The highest BCUT2D eigenvalue weighted by atomic mass is 16.3. The second kappa shape index (κ2) is 6.61. The number of aromatic nitrogens is 2. The van der Waals surface area contributed by atoms with E-state index >= 15 is 0 Å². The summed E-state index contributed by atoms with van der Waals surface area (Å²) in [5, 5.41) is 9.98. The minimum Gasteiger partial charge on any atom is -0.390 e. The summed E-state index contributed by atoms with van der Waals surface area (Å²) in [5.41, 5.74) is 5.52. The van der Waals surface area contributed by atoms with Gasteiger partial charge in [-0.2, -0.15) is 0 Å². The van der Waals surface area contributed by atoms with Crippen molar-refractivity contribution in [1.82, 2.24) is 9.97 Å². The first kappa shape index (κ1) is 16.0. The molecule has 2 N–H and O–H groups in total. The fraction of sp³-hybridized carbons (Fsp3) is 0.611. The van der Waals surface area contributed by atoms with E-state index in [2.05, 4.69) is 23.8 Å². The summed E-state index contributed by atoms with van der Waals surface area (Å²) < 4.78 is 0. The van der Waals surface area contributed by atoms with Crippen molar-refractivity contribution in [1.29, 1.82) is 0 Å². The maximum Gasteiger partial charge on any atom is 0.106 e. The molecule has 0 unspecified atom stereocenters. The van der Waals surface area contributed by atoms with Crippen LogP contribution in [0.1, 0.15) is 65.6 Å². The number of aryl methyl sites for hydroxylation is 1. The summed E-state index contributed by atoms with van der Waals surface area (Å²) in [4.78, 5) is 7.50. The van der Waals surface area contributed by atoms with Crippen LogP contribution in [-0.4, -0.2) is 20.7 Å². The topological polar surface area (TPSA) is 48.9 Å². The minimum absolute atomic E-state index is 0.580. The first-order valence-corrected chi connectivity index (χ1v) is 7.91. The number of allylic oxidation sites excluding steroid dienone is 4. The smallest absolute Gasteiger partial charge is 0.106 e. The van der Waals surface area contributed by atoms with Gasteiger partial charge in [0.25, 0.3) is 0 Å². The van der Waals surface area contributed by atoms with Gasteiger partial charge in [-0.15, -0.1) is 0 Å². The number of nitrogens with one attached hydrogen (secondary N) is 1. The molecule has 2 rings (SSSR count). The van der Waals surface area contributed by atoms with E-state index in [1.807, 2.05) is 26.2 Å². The number of imidazole rings is 1. The maximum absolute atomic E-state index is 9.98. The molecule has 3 heteroatoms. The normalized spacial score (nSPS) is 16.8. The molecule has 0 saturated carbocycles. The van der Waals surface area contributed by atoms with E-state index in [-0.39, 0.29) is 0 Å². The third-order valence-electron chi connectivity index (χ3n) is 4.44. The quantitative estimate of drug-likeness (QED) is 0.766. The van der Waals surface area contributed by atoms with Crippen LogP contribution in [0.3, 0.4) is 0 Å². The molecule has 0 bridgehead atoms. The SMILES string of the molecule is CC1=C(C)CC(CCC(C)(C)O)=C(CCc2ncc[nH]2)C1. The molecule has 0 aromatic carbocycles. The second-order valence-corrected chi connectivity index (χ2v) is 6.97. The van der Waals surface area contributed by atoms with Crippen LogP contribution in [0.25, 0.3) is 0 Å². The van der Waals surface area contributed by atoms with E-state index < -0.39 is 5.60 Å². The van der Waals surface area contributed by atoms with Gasteiger partial charge in [0.1, 0.15) is 5.82 Å². The standard InChI is InChI=1S/C18H28N2O/c1-13-11-15(5-6-17-19-9-10-20-17)16(12-14(13)2)7-8-18(3,4)21/h9-10,21H,5-8,11-12H2,1-4H3,(H,19,20). The predicted molar refractivity (Wildman–Crippen MR) is 87.1 cm³/mol. The molecule has 0 amide bonds. The summed E-state index contributed by atoms with van der Waals surface area (Å²) >= 11 is 0. The highest BCUT2D eigenvalue weighted by Gasteiger charge is 2.19. The van der Waals surface area contributed by atoms with Crippen molar-refractivity contribution in [2.75, 3.05) is 0 Å². The molecule has 0 aliphatic heterocycles. The first-order valence-electron chi connectivity index (χ1n) is 7.91. The Labute approximate surface area is 128 Å². The average Bonchev–Trinajstić information content (AvgIpc) is 2.90. The first-order chi connectivity index (χ1) is 9.85. The van der Waals surface area contributed by atoms with Crippen LogP contribution in [0.4, 0.5) is 0 Å². The Morgan fingerprint density at radius 3 is 2.24 bits per heavy atom. The molecule has 1 aromatic heterocycles. The van der Waals surface area contributed by atoms with Gasteiger partial charge in [-0.1, -0.05) is 22.3 Å². The van der Waals surface area contributed by atoms with Crippen molar-refractivity contribution in [3.8, 4) is 0 Å². The second-order valence-electron chi connectivity index (χ2n) is 6.97. The van der Waals surface area contributed by atoms with Gasteiger partial charge in [-0.3, -0.25) is 0 Å². The van der Waals surface area contributed by atoms with E-state index in [1.54, 1.807) is 5.57 Å². The number of nitrogens with zero attached hydrogens (tertiary/aromatic N) is 1. The largest absolute Gasteiger partial charge is 0.390 e. The van der Waals surface area contributed by atoms with Crippen LogP contribution in [0.5, 0.6) is 0 Å². The van der Waals surface area contributed by atoms with E-state index in [4.69, 9.17) is 0 Å². The van der Waals surface area contributed by atoms with E-state index in [1.165, 1.54) is 16.7 Å². The molecule has 0 radical (unpaired) electrons. The molecule has 0 saturated heterocycles. The van der Waals surface area contributed by atoms with Crippen LogP contribution >= 0.6 is 0 Å². The minimum atomic E-state index is -0.580. The molecule has 1 aliphatic rings. The van der Waals surface area contributed by atoms with Crippen LogP contribution in [-0.2, 0) is 6.42 Å². The maximum atomic E-state index is 9.98. The van der Waals surface area contributed by atoms with Crippen molar-refractivity contribution in [3.05, 3.63) is 40.5 Å². The van der Waals surface area contributed by atoms with E-state index in [0.29, 0.717) is 0 Å². The van der Waals surface area contributed by atoms with Crippen LogP contribution in [0.2, 0.25) is 0 Å². The molecule has 1 aliphatic carbocycles. The number of H-pyrrole nitrogens is 1. The lowest BCUT2D eigenvalue weighted by Crippen LogP contribution is -2.19. The zero-order valence-corrected chi connectivity index (χ0v) is 13.8.